The Hall–Kier alpha value is -2.11. The molecule has 2 heterocycles. The molecule has 2 N–H and O–H groups in total. The fourth-order valence-corrected chi connectivity index (χ4v) is 2.34. The number of aryl methyl sites for hydroxylation is 1. The number of carbonyl (C=O) groups is 1. The van der Waals surface area contributed by atoms with Gasteiger partial charge in [0.1, 0.15) is 5.56 Å². The van der Waals surface area contributed by atoms with E-state index in [0.717, 1.165) is 11.8 Å². The van der Waals surface area contributed by atoms with Crippen molar-refractivity contribution in [2.24, 2.45) is 13.0 Å². The van der Waals surface area contributed by atoms with Crippen LogP contribution in [0.1, 0.15) is 37.6 Å². The molecule has 0 amide bonds. The Morgan fingerprint density at radius 1 is 1.45 bits per heavy atom. The molecule has 2 rings (SSSR count). The van der Waals surface area contributed by atoms with Crippen LogP contribution in [0.25, 0.3) is 11.0 Å². The summed E-state index contributed by atoms with van der Waals surface area (Å²) >= 11 is 0. The quantitative estimate of drug-likeness (QED) is 0.877. The molecular formula is C14H20N4O2. The van der Waals surface area contributed by atoms with Crippen molar-refractivity contribution in [3.05, 3.63) is 18.0 Å². The SMILES string of the molecule is CCC(Nc1c(C(=O)O)cnc2c1cnn2C)C(C)C. The zero-order valence-corrected chi connectivity index (χ0v) is 12.2. The van der Waals surface area contributed by atoms with Crippen molar-refractivity contribution in [1.82, 2.24) is 14.8 Å². The third kappa shape index (κ3) is 2.45. The maximum atomic E-state index is 11.4. The van der Waals surface area contributed by atoms with Gasteiger partial charge in [-0.3, -0.25) is 4.68 Å². The van der Waals surface area contributed by atoms with E-state index in [9.17, 15) is 9.90 Å². The van der Waals surface area contributed by atoms with E-state index in [1.54, 1.807) is 17.9 Å². The van der Waals surface area contributed by atoms with Gasteiger partial charge in [0, 0.05) is 19.3 Å². The molecule has 6 nitrogen and oxygen atoms in total. The molecule has 0 saturated heterocycles. The molecule has 1 atom stereocenters. The molecule has 0 radical (unpaired) electrons. The van der Waals surface area contributed by atoms with Crippen LogP contribution in [0.5, 0.6) is 0 Å². The summed E-state index contributed by atoms with van der Waals surface area (Å²) in [5.41, 5.74) is 1.47. The Morgan fingerprint density at radius 3 is 2.70 bits per heavy atom. The number of hydrogen-bond acceptors (Lipinski definition) is 4. The van der Waals surface area contributed by atoms with Gasteiger partial charge < -0.3 is 10.4 Å². The normalized spacial score (nSPS) is 12.8. The number of nitrogens with one attached hydrogen (secondary N) is 1. The highest BCUT2D eigenvalue weighted by molar-refractivity contribution is 6.03. The van der Waals surface area contributed by atoms with Crippen LogP contribution < -0.4 is 5.32 Å². The maximum absolute atomic E-state index is 11.4. The third-order valence-corrected chi connectivity index (χ3v) is 3.57. The topological polar surface area (TPSA) is 80.0 Å². The molecule has 0 aliphatic carbocycles. The summed E-state index contributed by atoms with van der Waals surface area (Å²) in [4.78, 5) is 15.6. The zero-order chi connectivity index (χ0) is 14.9. The molecule has 0 saturated carbocycles. The number of anilines is 1. The number of carboxylic acids is 1. The predicted octanol–water partition coefficient (Wildman–Crippen LogP) is 2.51. The highest BCUT2D eigenvalue weighted by Gasteiger charge is 2.20. The summed E-state index contributed by atoms with van der Waals surface area (Å²) in [5.74, 6) is -0.578. The molecule has 108 valence electrons. The van der Waals surface area contributed by atoms with Gasteiger partial charge >= 0.3 is 5.97 Å². The Bertz CT molecular complexity index is 633. The second-order valence-corrected chi connectivity index (χ2v) is 5.26. The van der Waals surface area contributed by atoms with Gasteiger partial charge in [-0.05, 0) is 12.3 Å². The molecule has 6 heteroatoms. The van der Waals surface area contributed by atoms with Crippen LogP contribution >= 0.6 is 0 Å². The van der Waals surface area contributed by atoms with Gasteiger partial charge in [-0.1, -0.05) is 20.8 Å². The summed E-state index contributed by atoms with van der Waals surface area (Å²) in [6.07, 6.45) is 3.96. The lowest BCUT2D eigenvalue weighted by atomic mass is 10.0. The van der Waals surface area contributed by atoms with E-state index in [0.29, 0.717) is 17.3 Å². The smallest absolute Gasteiger partial charge is 0.339 e. The number of hydrogen-bond donors (Lipinski definition) is 2. The molecule has 0 aliphatic heterocycles. The van der Waals surface area contributed by atoms with Crippen molar-refractivity contribution >= 4 is 22.7 Å². The van der Waals surface area contributed by atoms with E-state index in [4.69, 9.17) is 0 Å². The van der Waals surface area contributed by atoms with Gasteiger partial charge in [0.2, 0.25) is 0 Å². The average Bonchev–Trinajstić information content (AvgIpc) is 2.77. The summed E-state index contributed by atoms with van der Waals surface area (Å²) in [5, 5.41) is 17.6. The van der Waals surface area contributed by atoms with E-state index < -0.39 is 5.97 Å². The first-order valence-electron chi connectivity index (χ1n) is 6.76. The summed E-state index contributed by atoms with van der Waals surface area (Å²) < 4.78 is 1.64. The number of nitrogens with zero attached hydrogens (tertiary/aromatic N) is 3. The fraction of sp³-hybridized carbons (Fsp3) is 0.500. The van der Waals surface area contributed by atoms with Crippen LogP contribution in [0.2, 0.25) is 0 Å². The van der Waals surface area contributed by atoms with Crippen LogP contribution in [-0.2, 0) is 7.05 Å². The first kappa shape index (κ1) is 14.3. The van der Waals surface area contributed by atoms with E-state index in [-0.39, 0.29) is 11.6 Å². The van der Waals surface area contributed by atoms with Crippen molar-refractivity contribution in [1.29, 1.82) is 0 Å². The minimum absolute atomic E-state index is 0.185. The molecular weight excluding hydrogens is 256 g/mol. The second-order valence-electron chi connectivity index (χ2n) is 5.26. The third-order valence-electron chi connectivity index (χ3n) is 3.57. The minimum Gasteiger partial charge on any atom is -0.478 e. The first-order chi connectivity index (χ1) is 9.45. The van der Waals surface area contributed by atoms with Crippen LogP contribution in [0.4, 0.5) is 5.69 Å². The number of fused-ring (bicyclic) bond motifs is 1. The molecule has 20 heavy (non-hydrogen) atoms. The van der Waals surface area contributed by atoms with Crippen molar-refractivity contribution in [2.45, 2.75) is 33.2 Å². The Labute approximate surface area is 117 Å². The zero-order valence-electron chi connectivity index (χ0n) is 12.2. The van der Waals surface area contributed by atoms with Crippen LogP contribution in [0.3, 0.4) is 0 Å². The lowest BCUT2D eigenvalue weighted by Gasteiger charge is -2.23. The highest BCUT2D eigenvalue weighted by atomic mass is 16.4. The molecule has 0 spiro atoms. The van der Waals surface area contributed by atoms with Crippen LogP contribution in [0, 0.1) is 5.92 Å². The van der Waals surface area contributed by atoms with E-state index in [1.807, 2.05) is 0 Å². The summed E-state index contributed by atoms with van der Waals surface area (Å²) in [6.45, 7) is 6.31. The summed E-state index contributed by atoms with van der Waals surface area (Å²) in [7, 11) is 1.79. The Kier molecular flexibility index (Phi) is 3.92. The first-order valence-corrected chi connectivity index (χ1v) is 6.76. The highest BCUT2D eigenvalue weighted by Crippen LogP contribution is 2.27. The van der Waals surface area contributed by atoms with Gasteiger partial charge in [-0.25, -0.2) is 9.78 Å². The molecule has 0 aliphatic rings. The van der Waals surface area contributed by atoms with Crippen molar-refractivity contribution in [3.8, 4) is 0 Å². The van der Waals surface area contributed by atoms with Gasteiger partial charge in [0.05, 0.1) is 17.3 Å². The summed E-state index contributed by atoms with van der Waals surface area (Å²) in [6, 6.07) is 0.207. The fourth-order valence-electron chi connectivity index (χ4n) is 2.34. The lowest BCUT2D eigenvalue weighted by molar-refractivity contribution is 0.0697. The minimum atomic E-state index is -0.982. The van der Waals surface area contributed by atoms with E-state index >= 15 is 0 Å². The Balaban J connectivity index is 2.57. The van der Waals surface area contributed by atoms with E-state index in [2.05, 4.69) is 36.2 Å². The van der Waals surface area contributed by atoms with Crippen LogP contribution in [0.15, 0.2) is 12.4 Å². The predicted molar refractivity (Wildman–Crippen MR) is 78.0 cm³/mol. The number of carboxylic acid groups (broad SMARTS) is 1. The lowest BCUT2D eigenvalue weighted by Crippen LogP contribution is -2.26. The Morgan fingerprint density at radius 2 is 2.15 bits per heavy atom. The molecule has 2 aromatic rings. The molecule has 0 bridgehead atoms. The van der Waals surface area contributed by atoms with E-state index in [1.165, 1.54) is 6.20 Å². The maximum Gasteiger partial charge on any atom is 0.339 e. The number of pyridine rings is 1. The van der Waals surface area contributed by atoms with Crippen molar-refractivity contribution in [3.63, 3.8) is 0 Å². The van der Waals surface area contributed by atoms with Gasteiger partial charge in [-0.2, -0.15) is 5.10 Å². The molecule has 0 fully saturated rings. The molecule has 2 aromatic heterocycles. The monoisotopic (exact) mass is 276 g/mol. The average molecular weight is 276 g/mol. The number of aromatic nitrogens is 3. The molecule has 0 aromatic carbocycles. The van der Waals surface area contributed by atoms with Gasteiger partial charge in [-0.15, -0.1) is 0 Å². The van der Waals surface area contributed by atoms with Crippen molar-refractivity contribution < 1.29 is 9.90 Å². The standard InChI is InChI=1S/C14H20N4O2/c1-5-11(8(2)3)17-12-9-7-16-18(4)13(9)15-6-10(12)14(19)20/h6-8,11H,5H2,1-4H3,(H,15,17)(H,19,20). The second kappa shape index (κ2) is 5.48. The van der Waals surface area contributed by atoms with Gasteiger partial charge in [0.25, 0.3) is 0 Å². The van der Waals surface area contributed by atoms with Crippen LogP contribution in [-0.4, -0.2) is 31.9 Å². The number of aromatic carboxylic acids is 1. The van der Waals surface area contributed by atoms with Crippen molar-refractivity contribution in [2.75, 3.05) is 5.32 Å². The number of rotatable bonds is 5. The van der Waals surface area contributed by atoms with Gasteiger partial charge in [0.15, 0.2) is 5.65 Å². The largest absolute Gasteiger partial charge is 0.478 e. The molecule has 1 unspecified atom stereocenters.